The molecule has 1 aromatic heterocycles. The van der Waals surface area contributed by atoms with Crippen LogP contribution in [-0.2, 0) is 22.6 Å². The molecule has 1 aromatic carbocycles. The highest BCUT2D eigenvalue weighted by atomic mass is 16.5. The second kappa shape index (κ2) is 7.35. The first-order chi connectivity index (χ1) is 10.6. The molecule has 7 heteroatoms. The molecule has 0 radical (unpaired) electrons. The summed E-state index contributed by atoms with van der Waals surface area (Å²) in [4.78, 5) is 25.3. The smallest absolute Gasteiger partial charge is 0.360 e. The molecule has 0 N–H and O–H groups in total. The summed E-state index contributed by atoms with van der Waals surface area (Å²) in [6.07, 6.45) is 1.40. The van der Waals surface area contributed by atoms with E-state index in [2.05, 4.69) is 15.0 Å². The van der Waals surface area contributed by atoms with E-state index in [1.54, 1.807) is 4.90 Å². The molecule has 1 heterocycles. The fourth-order valence-corrected chi connectivity index (χ4v) is 1.99. The van der Waals surface area contributed by atoms with Crippen molar-refractivity contribution in [2.24, 2.45) is 0 Å². The van der Waals surface area contributed by atoms with Crippen LogP contribution in [0.5, 0.6) is 0 Å². The van der Waals surface area contributed by atoms with E-state index in [-0.39, 0.29) is 18.1 Å². The predicted octanol–water partition coefficient (Wildman–Crippen LogP) is 1.11. The van der Waals surface area contributed by atoms with Gasteiger partial charge in [0.2, 0.25) is 5.91 Å². The van der Waals surface area contributed by atoms with E-state index in [0.717, 1.165) is 5.56 Å². The van der Waals surface area contributed by atoms with Gasteiger partial charge in [-0.25, -0.2) is 9.48 Å². The molecular formula is C15H18N4O3. The van der Waals surface area contributed by atoms with Crippen molar-refractivity contribution in [1.29, 1.82) is 0 Å². The van der Waals surface area contributed by atoms with Crippen molar-refractivity contribution in [3.05, 3.63) is 47.8 Å². The van der Waals surface area contributed by atoms with Gasteiger partial charge in [-0.2, -0.15) is 0 Å². The van der Waals surface area contributed by atoms with Gasteiger partial charge >= 0.3 is 5.97 Å². The number of nitrogens with zero attached hydrogens (tertiary/aromatic N) is 4. The Morgan fingerprint density at radius 2 is 2.00 bits per heavy atom. The fraction of sp³-hybridized carbons (Fsp3) is 0.333. The molecule has 0 fully saturated rings. The Labute approximate surface area is 128 Å². The lowest BCUT2D eigenvalue weighted by molar-refractivity contribution is -0.132. The third-order valence-electron chi connectivity index (χ3n) is 3.18. The molecule has 2 rings (SSSR count). The van der Waals surface area contributed by atoms with E-state index >= 15 is 0 Å². The molecule has 1 amide bonds. The normalized spacial score (nSPS) is 10.3. The van der Waals surface area contributed by atoms with Gasteiger partial charge in [-0.15, -0.1) is 5.10 Å². The number of hydrogen-bond donors (Lipinski definition) is 0. The van der Waals surface area contributed by atoms with Crippen molar-refractivity contribution >= 4 is 11.9 Å². The van der Waals surface area contributed by atoms with Gasteiger partial charge in [0, 0.05) is 13.1 Å². The quantitative estimate of drug-likeness (QED) is 0.747. The highest BCUT2D eigenvalue weighted by Crippen LogP contribution is 2.05. The van der Waals surface area contributed by atoms with Gasteiger partial charge in [0.1, 0.15) is 6.54 Å². The van der Waals surface area contributed by atoms with Gasteiger partial charge in [-0.05, 0) is 12.5 Å². The lowest BCUT2D eigenvalue weighted by Gasteiger charge is -2.20. The number of aromatic nitrogens is 3. The van der Waals surface area contributed by atoms with E-state index in [1.807, 2.05) is 37.3 Å². The maximum absolute atomic E-state index is 12.3. The first-order valence-corrected chi connectivity index (χ1v) is 6.94. The fourth-order valence-electron chi connectivity index (χ4n) is 1.99. The van der Waals surface area contributed by atoms with Crippen LogP contribution in [0.15, 0.2) is 36.5 Å². The molecule has 116 valence electrons. The summed E-state index contributed by atoms with van der Waals surface area (Å²) >= 11 is 0. The molecule has 7 nitrogen and oxygen atoms in total. The number of carbonyl (C=O) groups excluding carboxylic acids is 2. The molecule has 0 aliphatic heterocycles. The summed E-state index contributed by atoms with van der Waals surface area (Å²) in [5.41, 5.74) is 1.15. The van der Waals surface area contributed by atoms with E-state index in [9.17, 15) is 9.59 Å². The summed E-state index contributed by atoms with van der Waals surface area (Å²) in [7, 11) is 1.27. The number of carbonyl (C=O) groups is 2. The SMILES string of the molecule is CCN(Cc1ccccc1)C(=O)Cn1cc(C(=O)OC)nn1. The monoisotopic (exact) mass is 302 g/mol. The van der Waals surface area contributed by atoms with Gasteiger partial charge in [0.25, 0.3) is 0 Å². The van der Waals surface area contributed by atoms with E-state index in [4.69, 9.17) is 0 Å². The Morgan fingerprint density at radius 1 is 1.27 bits per heavy atom. The summed E-state index contributed by atoms with van der Waals surface area (Å²) in [5.74, 6) is -0.664. The average Bonchev–Trinajstić information content (AvgIpc) is 3.01. The molecule has 0 aliphatic carbocycles. The third kappa shape index (κ3) is 3.91. The zero-order chi connectivity index (χ0) is 15.9. The first kappa shape index (κ1) is 15.7. The van der Waals surface area contributed by atoms with Gasteiger partial charge in [-0.3, -0.25) is 4.79 Å². The Hall–Kier alpha value is -2.70. The standard InChI is InChI=1S/C15H18N4O3/c1-3-18(9-12-7-5-4-6-8-12)14(20)11-19-10-13(16-17-19)15(21)22-2/h4-8,10H,3,9,11H2,1-2H3. The zero-order valence-electron chi connectivity index (χ0n) is 12.6. The molecule has 22 heavy (non-hydrogen) atoms. The van der Waals surface area contributed by atoms with Gasteiger partial charge in [-0.1, -0.05) is 35.5 Å². The topological polar surface area (TPSA) is 77.3 Å². The molecule has 0 saturated heterocycles. The molecule has 0 aliphatic rings. The molecule has 0 spiro atoms. The average molecular weight is 302 g/mol. The summed E-state index contributed by atoms with van der Waals surface area (Å²) in [6.45, 7) is 3.08. The van der Waals surface area contributed by atoms with Crippen LogP contribution in [0.2, 0.25) is 0 Å². The van der Waals surface area contributed by atoms with Crippen LogP contribution in [0.25, 0.3) is 0 Å². The van der Waals surface area contributed by atoms with Crippen LogP contribution in [0.3, 0.4) is 0 Å². The minimum absolute atomic E-state index is 0.0324. The van der Waals surface area contributed by atoms with Gasteiger partial charge in [0.05, 0.1) is 13.3 Å². The lowest BCUT2D eigenvalue weighted by atomic mass is 10.2. The number of ether oxygens (including phenoxy) is 1. The van der Waals surface area contributed by atoms with Gasteiger partial charge in [0.15, 0.2) is 5.69 Å². The largest absolute Gasteiger partial charge is 0.464 e. The van der Waals surface area contributed by atoms with Crippen molar-refractivity contribution in [2.75, 3.05) is 13.7 Å². The number of esters is 1. The van der Waals surface area contributed by atoms with Crippen molar-refractivity contribution in [2.45, 2.75) is 20.0 Å². The minimum atomic E-state index is -0.574. The molecule has 0 saturated carbocycles. The van der Waals surface area contributed by atoms with Crippen LogP contribution in [0.4, 0.5) is 0 Å². The van der Waals surface area contributed by atoms with E-state index in [1.165, 1.54) is 18.0 Å². The highest BCUT2D eigenvalue weighted by molar-refractivity contribution is 5.86. The second-order valence-corrected chi connectivity index (χ2v) is 4.69. The van der Waals surface area contributed by atoms with Crippen LogP contribution >= 0.6 is 0 Å². The molecule has 0 atom stereocenters. The molecular weight excluding hydrogens is 284 g/mol. The third-order valence-corrected chi connectivity index (χ3v) is 3.18. The lowest BCUT2D eigenvalue weighted by Crippen LogP contribution is -2.33. The predicted molar refractivity (Wildman–Crippen MR) is 78.9 cm³/mol. The Kier molecular flexibility index (Phi) is 5.24. The van der Waals surface area contributed by atoms with E-state index < -0.39 is 5.97 Å². The first-order valence-electron chi connectivity index (χ1n) is 6.94. The number of likely N-dealkylation sites (N-methyl/N-ethyl adjacent to an activating group) is 1. The van der Waals surface area contributed by atoms with Crippen molar-refractivity contribution in [1.82, 2.24) is 19.9 Å². The molecule has 0 unspecified atom stereocenters. The summed E-state index contributed by atoms with van der Waals surface area (Å²) < 4.78 is 5.89. The van der Waals surface area contributed by atoms with Gasteiger partial charge < -0.3 is 9.64 Å². The number of hydrogen-bond acceptors (Lipinski definition) is 5. The maximum atomic E-state index is 12.3. The zero-order valence-corrected chi connectivity index (χ0v) is 12.6. The maximum Gasteiger partial charge on any atom is 0.360 e. The Bertz CT molecular complexity index is 639. The Balaban J connectivity index is 2.00. The van der Waals surface area contributed by atoms with Crippen molar-refractivity contribution < 1.29 is 14.3 Å². The Morgan fingerprint density at radius 3 is 2.64 bits per heavy atom. The number of amides is 1. The molecule has 0 bridgehead atoms. The molecule has 2 aromatic rings. The minimum Gasteiger partial charge on any atom is -0.464 e. The van der Waals surface area contributed by atoms with Crippen molar-refractivity contribution in [3.8, 4) is 0 Å². The highest BCUT2D eigenvalue weighted by Gasteiger charge is 2.16. The van der Waals surface area contributed by atoms with Crippen LogP contribution in [0.1, 0.15) is 23.0 Å². The summed E-state index contributed by atoms with van der Waals surface area (Å²) in [5, 5.41) is 7.44. The van der Waals surface area contributed by atoms with Crippen LogP contribution in [-0.4, -0.2) is 45.4 Å². The number of rotatable bonds is 6. The summed E-state index contributed by atoms with van der Waals surface area (Å²) in [6, 6.07) is 9.76. The number of benzene rings is 1. The van der Waals surface area contributed by atoms with E-state index in [0.29, 0.717) is 13.1 Å². The van der Waals surface area contributed by atoms with Crippen LogP contribution < -0.4 is 0 Å². The van der Waals surface area contributed by atoms with Crippen molar-refractivity contribution in [3.63, 3.8) is 0 Å². The van der Waals surface area contributed by atoms with Crippen LogP contribution in [0, 0.1) is 0 Å². The second-order valence-electron chi connectivity index (χ2n) is 4.69. The number of methoxy groups -OCH3 is 1.